The van der Waals surface area contributed by atoms with Gasteiger partial charge in [0.05, 0.1) is 16.7 Å². The van der Waals surface area contributed by atoms with E-state index in [2.05, 4.69) is 29.6 Å². The number of halogens is 1. The highest BCUT2D eigenvalue weighted by Gasteiger charge is 2.24. The molecule has 0 aromatic heterocycles. The molecule has 3 aliphatic carbocycles. The van der Waals surface area contributed by atoms with Gasteiger partial charge in [-0.25, -0.2) is 0 Å². The molecular formula is C31H29ClN2O2. The van der Waals surface area contributed by atoms with E-state index in [1.54, 1.807) is 18.2 Å². The van der Waals surface area contributed by atoms with E-state index in [9.17, 15) is 4.79 Å². The van der Waals surface area contributed by atoms with Gasteiger partial charge in [-0.2, -0.15) is 5.26 Å². The summed E-state index contributed by atoms with van der Waals surface area (Å²) in [5.41, 5.74) is 3.43. The Kier molecular flexibility index (Phi) is 8.97. The Hall–Kier alpha value is -3.81. The normalized spacial score (nSPS) is 29.9. The molecule has 1 aromatic carbocycles. The number of nitrogens with one attached hydrogen (secondary N) is 1. The van der Waals surface area contributed by atoms with Crippen molar-refractivity contribution in [2.24, 2.45) is 0 Å². The molecular weight excluding hydrogens is 468 g/mol. The van der Waals surface area contributed by atoms with E-state index in [4.69, 9.17) is 21.6 Å². The number of nitrogens with zero attached hydrogens (tertiary/aromatic N) is 1. The van der Waals surface area contributed by atoms with E-state index < -0.39 is 0 Å². The zero-order valence-corrected chi connectivity index (χ0v) is 20.8. The fourth-order valence-corrected chi connectivity index (χ4v) is 4.53. The fourth-order valence-electron chi connectivity index (χ4n) is 4.32. The van der Waals surface area contributed by atoms with E-state index in [1.165, 1.54) is 5.57 Å². The molecule has 1 fully saturated rings. The molecule has 0 atom stereocenters. The van der Waals surface area contributed by atoms with Gasteiger partial charge in [0.2, 0.25) is 0 Å². The standard InChI is InChI=1S/C31H29ClN2O2/c32-30-21-29(17-14-26(30)22-33)36-28-18-15-27(16-19-28)34-31(35)25-11-7-6-10-24(12-13-25)20-23-8-4-2-1-3-5-9-23/h1-14,17,21,27-28H,15-16,18-20H2,(H,34,35)/b2-1-,3-1?,4-2?,5-3-,7-6?,8-4-,9-5?,10-6-,11-7-,13-12?,23-8?,23-9+,24-10?,24-12+,25-11?,25-13+. The molecule has 1 saturated carbocycles. The second-order valence-corrected chi connectivity index (χ2v) is 9.35. The van der Waals surface area contributed by atoms with E-state index in [-0.39, 0.29) is 18.1 Å². The monoisotopic (exact) mass is 496 g/mol. The van der Waals surface area contributed by atoms with Gasteiger partial charge in [-0.3, -0.25) is 4.79 Å². The van der Waals surface area contributed by atoms with Crippen LogP contribution < -0.4 is 10.1 Å². The zero-order valence-electron chi connectivity index (χ0n) is 20.1. The lowest BCUT2D eigenvalue weighted by Gasteiger charge is -2.29. The minimum Gasteiger partial charge on any atom is -0.490 e. The molecule has 0 radical (unpaired) electrons. The van der Waals surface area contributed by atoms with Crippen LogP contribution in [0.25, 0.3) is 0 Å². The van der Waals surface area contributed by atoms with Crippen LogP contribution in [0.5, 0.6) is 5.75 Å². The van der Waals surface area contributed by atoms with Crippen molar-refractivity contribution in [2.75, 3.05) is 0 Å². The Morgan fingerprint density at radius 1 is 0.917 bits per heavy atom. The van der Waals surface area contributed by atoms with Gasteiger partial charge in [-0.05, 0) is 67.5 Å². The number of carbonyl (C=O) groups excluding carboxylic acids is 1. The Morgan fingerprint density at radius 2 is 1.61 bits per heavy atom. The lowest BCUT2D eigenvalue weighted by atomic mass is 9.92. The molecule has 0 spiro atoms. The van der Waals surface area contributed by atoms with Gasteiger partial charge in [0.25, 0.3) is 5.91 Å². The SMILES string of the molecule is N#Cc1ccc(OC2CCC(NC(=O)C3=C/C=C(CC4=C/C=C\C=C/C=C\4)\C=C/C=C\3)CC2)cc1Cl. The minimum absolute atomic E-state index is 0.0569. The van der Waals surface area contributed by atoms with Crippen LogP contribution in [0.4, 0.5) is 0 Å². The van der Waals surface area contributed by atoms with Crippen LogP contribution in [-0.4, -0.2) is 18.1 Å². The minimum atomic E-state index is -0.0569. The maximum Gasteiger partial charge on any atom is 0.251 e. The molecule has 3 aliphatic rings. The summed E-state index contributed by atoms with van der Waals surface area (Å²) in [6.45, 7) is 0. The van der Waals surface area contributed by atoms with Gasteiger partial charge in [0, 0.05) is 17.7 Å². The smallest absolute Gasteiger partial charge is 0.251 e. The van der Waals surface area contributed by atoms with Gasteiger partial charge in [0.1, 0.15) is 11.8 Å². The summed E-state index contributed by atoms with van der Waals surface area (Å²) in [5, 5.41) is 12.6. The van der Waals surface area contributed by atoms with Crippen LogP contribution in [0, 0.1) is 11.3 Å². The van der Waals surface area contributed by atoms with Crippen LogP contribution in [0.2, 0.25) is 5.02 Å². The summed E-state index contributed by atoms with van der Waals surface area (Å²) in [5.74, 6) is 0.614. The first kappa shape index (κ1) is 25.3. The highest BCUT2D eigenvalue weighted by atomic mass is 35.5. The van der Waals surface area contributed by atoms with Crippen molar-refractivity contribution in [3.63, 3.8) is 0 Å². The van der Waals surface area contributed by atoms with Crippen LogP contribution >= 0.6 is 11.6 Å². The number of allylic oxidation sites excluding steroid dienone is 14. The molecule has 4 rings (SSSR count). The molecule has 0 unspecified atom stereocenters. The maximum absolute atomic E-state index is 13.0. The maximum atomic E-state index is 13.0. The highest BCUT2D eigenvalue weighted by molar-refractivity contribution is 6.31. The number of hydrogen-bond acceptors (Lipinski definition) is 3. The lowest BCUT2D eigenvalue weighted by molar-refractivity contribution is -0.118. The van der Waals surface area contributed by atoms with Crippen molar-refractivity contribution in [2.45, 2.75) is 44.2 Å². The number of benzene rings is 1. The Balaban J connectivity index is 1.30. The van der Waals surface area contributed by atoms with Crippen LogP contribution in [0.15, 0.2) is 114 Å². The summed E-state index contributed by atoms with van der Waals surface area (Å²) in [6.07, 6.45) is 30.3. The van der Waals surface area contributed by atoms with Crippen LogP contribution in [0.1, 0.15) is 37.7 Å². The Bertz CT molecular complexity index is 1260. The number of ether oxygens (including phenoxy) is 1. The third kappa shape index (κ3) is 7.34. The van der Waals surface area contributed by atoms with E-state index in [0.717, 1.165) is 37.7 Å². The van der Waals surface area contributed by atoms with Crippen molar-refractivity contribution in [3.8, 4) is 11.8 Å². The number of carbonyl (C=O) groups is 1. The molecule has 0 saturated heterocycles. The number of amides is 1. The summed E-state index contributed by atoms with van der Waals surface area (Å²) in [7, 11) is 0. The molecule has 1 amide bonds. The molecule has 182 valence electrons. The van der Waals surface area contributed by atoms with E-state index in [0.29, 0.717) is 21.9 Å². The van der Waals surface area contributed by atoms with Gasteiger partial charge >= 0.3 is 0 Å². The van der Waals surface area contributed by atoms with Crippen LogP contribution in [0.3, 0.4) is 0 Å². The average molecular weight is 497 g/mol. The van der Waals surface area contributed by atoms with Crippen molar-refractivity contribution in [1.29, 1.82) is 5.26 Å². The zero-order chi connectivity index (χ0) is 25.2. The predicted octanol–water partition coefficient (Wildman–Crippen LogP) is 7.00. The first-order chi connectivity index (χ1) is 17.6. The molecule has 1 N–H and O–H groups in total. The summed E-state index contributed by atoms with van der Waals surface area (Å²) in [4.78, 5) is 13.0. The second-order valence-electron chi connectivity index (χ2n) is 8.95. The summed E-state index contributed by atoms with van der Waals surface area (Å²) >= 11 is 6.11. The highest BCUT2D eigenvalue weighted by Crippen LogP contribution is 2.27. The Labute approximate surface area is 218 Å². The topological polar surface area (TPSA) is 62.1 Å². The largest absolute Gasteiger partial charge is 0.490 e. The second kappa shape index (κ2) is 12.8. The Morgan fingerprint density at radius 3 is 2.39 bits per heavy atom. The number of nitriles is 1. The number of hydrogen-bond donors (Lipinski definition) is 1. The third-order valence-electron chi connectivity index (χ3n) is 6.28. The van der Waals surface area contributed by atoms with Gasteiger partial charge in [-0.15, -0.1) is 0 Å². The van der Waals surface area contributed by atoms with Gasteiger partial charge in [-0.1, -0.05) is 78.4 Å². The summed E-state index contributed by atoms with van der Waals surface area (Å²) < 4.78 is 6.06. The first-order valence-electron chi connectivity index (χ1n) is 12.2. The van der Waals surface area contributed by atoms with Gasteiger partial charge < -0.3 is 10.1 Å². The molecule has 0 aliphatic heterocycles. The molecule has 1 aromatic rings. The van der Waals surface area contributed by atoms with Crippen molar-refractivity contribution in [3.05, 3.63) is 124 Å². The predicted molar refractivity (Wildman–Crippen MR) is 146 cm³/mol. The molecule has 5 heteroatoms. The fraction of sp³-hybridized carbons (Fsp3) is 0.226. The quantitative estimate of drug-likeness (QED) is 0.461. The molecule has 0 heterocycles. The third-order valence-corrected chi connectivity index (χ3v) is 6.60. The first-order valence-corrected chi connectivity index (χ1v) is 12.6. The van der Waals surface area contributed by atoms with Crippen molar-refractivity contribution >= 4 is 17.5 Å². The molecule has 36 heavy (non-hydrogen) atoms. The van der Waals surface area contributed by atoms with Crippen LogP contribution in [-0.2, 0) is 4.79 Å². The van der Waals surface area contributed by atoms with Crippen molar-refractivity contribution in [1.82, 2.24) is 5.32 Å². The summed E-state index contributed by atoms with van der Waals surface area (Å²) in [6, 6.07) is 7.31. The average Bonchev–Trinajstić information content (AvgIpc) is 2.83. The van der Waals surface area contributed by atoms with Crippen molar-refractivity contribution < 1.29 is 9.53 Å². The van der Waals surface area contributed by atoms with E-state index >= 15 is 0 Å². The number of rotatable bonds is 6. The van der Waals surface area contributed by atoms with E-state index in [1.807, 2.05) is 60.8 Å². The molecule has 0 bridgehead atoms. The lowest BCUT2D eigenvalue weighted by Crippen LogP contribution is -2.40. The van der Waals surface area contributed by atoms with Gasteiger partial charge in [0.15, 0.2) is 0 Å². The molecule has 4 nitrogen and oxygen atoms in total.